The van der Waals surface area contributed by atoms with Crippen LogP contribution >= 0.6 is 35.3 Å². The molecule has 3 rings (SSSR count). The first kappa shape index (κ1) is 23.8. The monoisotopic (exact) mass is 529 g/mol. The van der Waals surface area contributed by atoms with Gasteiger partial charge in [-0.1, -0.05) is 13.0 Å². The SMILES string of the molecule is CCNC(=NCc1ccc(N2CCN(CC)CC2)nc1)NCc1ncc(C)s1.I. The van der Waals surface area contributed by atoms with Gasteiger partial charge in [-0.2, -0.15) is 0 Å². The summed E-state index contributed by atoms with van der Waals surface area (Å²) in [6.45, 7) is 13.9. The van der Waals surface area contributed by atoms with Gasteiger partial charge in [-0.25, -0.2) is 15.0 Å². The molecule has 3 heterocycles. The number of guanidine groups is 1. The van der Waals surface area contributed by atoms with E-state index >= 15 is 0 Å². The van der Waals surface area contributed by atoms with Crippen LogP contribution in [0, 0.1) is 6.92 Å². The minimum Gasteiger partial charge on any atom is -0.357 e. The molecule has 0 radical (unpaired) electrons. The number of piperazine rings is 1. The number of aromatic nitrogens is 2. The lowest BCUT2D eigenvalue weighted by atomic mass is 10.2. The molecule has 0 amide bonds. The summed E-state index contributed by atoms with van der Waals surface area (Å²) in [7, 11) is 0. The Morgan fingerprint density at radius 2 is 1.90 bits per heavy atom. The summed E-state index contributed by atoms with van der Waals surface area (Å²) >= 11 is 1.70. The normalized spacial score (nSPS) is 15.1. The van der Waals surface area contributed by atoms with Crippen molar-refractivity contribution in [3.63, 3.8) is 0 Å². The fourth-order valence-corrected chi connectivity index (χ4v) is 3.87. The molecule has 160 valence electrons. The Bertz CT molecular complexity index is 754. The Kier molecular flexibility index (Phi) is 10.1. The highest BCUT2D eigenvalue weighted by Crippen LogP contribution is 2.14. The van der Waals surface area contributed by atoms with Crippen LogP contribution in [-0.4, -0.2) is 60.1 Å². The zero-order chi connectivity index (χ0) is 19.8. The van der Waals surface area contributed by atoms with Crippen LogP contribution in [0.2, 0.25) is 0 Å². The van der Waals surface area contributed by atoms with E-state index in [2.05, 4.69) is 68.3 Å². The molecule has 2 N–H and O–H groups in total. The third-order valence-corrected chi connectivity index (χ3v) is 5.71. The number of pyridine rings is 1. The average molecular weight is 529 g/mol. The van der Waals surface area contributed by atoms with Crippen molar-refractivity contribution in [2.45, 2.75) is 33.9 Å². The lowest BCUT2D eigenvalue weighted by molar-refractivity contribution is 0.270. The van der Waals surface area contributed by atoms with Crippen LogP contribution in [-0.2, 0) is 13.1 Å². The fourth-order valence-electron chi connectivity index (χ4n) is 3.15. The van der Waals surface area contributed by atoms with Crippen molar-refractivity contribution in [2.24, 2.45) is 4.99 Å². The topological polar surface area (TPSA) is 68.7 Å². The van der Waals surface area contributed by atoms with Crippen LogP contribution in [0.1, 0.15) is 29.3 Å². The molecule has 1 saturated heterocycles. The number of aryl methyl sites for hydroxylation is 1. The molecule has 0 unspecified atom stereocenters. The van der Waals surface area contributed by atoms with Gasteiger partial charge in [0, 0.05) is 50.0 Å². The molecule has 0 atom stereocenters. The van der Waals surface area contributed by atoms with Gasteiger partial charge in [0.05, 0.1) is 13.1 Å². The Hall–Kier alpha value is -1.46. The highest BCUT2D eigenvalue weighted by atomic mass is 127. The van der Waals surface area contributed by atoms with E-state index in [9.17, 15) is 0 Å². The summed E-state index contributed by atoms with van der Waals surface area (Å²) in [6, 6.07) is 4.25. The lowest BCUT2D eigenvalue weighted by Crippen LogP contribution is -2.46. The van der Waals surface area contributed by atoms with Gasteiger partial charge in [-0.15, -0.1) is 35.3 Å². The van der Waals surface area contributed by atoms with E-state index in [0.717, 1.165) is 61.6 Å². The molecule has 0 aliphatic carbocycles. The molecule has 29 heavy (non-hydrogen) atoms. The smallest absolute Gasteiger partial charge is 0.191 e. The molecule has 7 nitrogen and oxygen atoms in total. The predicted molar refractivity (Wildman–Crippen MR) is 132 cm³/mol. The molecule has 0 spiro atoms. The molecule has 0 saturated carbocycles. The van der Waals surface area contributed by atoms with Crippen molar-refractivity contribution in [1.29, 1.82) is 0 Å². The molecule has 0 bridgehead atoms. The van der Waals surface area contributed by atoms with Crippen molar-refractivity contribution in [3.8, 4) is 0 Å². The van der Waals surface area contributed by atoms with Crippen LogP contribution < -0.4 is 15.5 Å². The zero-order valence-corrected chi connectivity index (χ0v) is 20.7. The summed E-state index contributed by atoms with van der Waals surface area (Å²) < 4.78 is 0. The van der Waals surface area contributed by atoms with Gasteiger partial charge < -0.3 is 20.4 Å². The van der Waals surface area contributed by atoms with Crippen molar-refractivity contribution in [1.82, 2.24) is 25.5 Å². The van der Waals surface area contributed by atoms with E-state index in [1.54, 1.807) is 11.3 Å². The van der Waals surface area contributed by atoms with E-state index in [-0.39, 0.29) is 24.0 Å². The maximum atomic E-state index is 4.68. The molecule has 1 aliphatic rings. The predicted octanol–water partition coefficient (Wildman–Crippen LogP) is 2.86. The standard InChI is InChI=1S/C20H31N7S.HI/c1-4-21-20(25-15-19-23-12-16(3)28-19)24-14-17-6-7-18(22-13-17)27-10-8-26(5-2)9-11-27;/h6-7,12-13H,4-5,8-11,14-15H2,1-3H3,(H2,21,24,25);1H. The highest BCUT2D eigenvalue weighted by Gasteiger charge is 2.16. The summed E-state index contributed by atoms with van der Waals surface area (Å²) in [5.41, 5.74) is 1.11. The van der Waals surface area contributed by atoms with Gasteiger partial charge in [0.2, 0.25) is 0 Å². The number of hydrogen-bond donors (Lipinski definition) is 2. The van der Waals surface area contributed by atoms with Gasteiger partial charge in [0.25, 0.3) is 0 Å². The average Bonchev–Trinajstić information content (AvgIpc) is 3.16. The second kappa shape index (κ2) is 12.3. The Morgan fingerprint density at radius 1 is 1.10 bits per heavy atom. The maximum absolute atomic E-state index is 4.68. The molecule has 2 aromatic rings. The maximum Gasteiger partial charge on any atom is 0.191 e. The van der Waals surface area contributed by atoms with Crippen LogP contribution in [0.5, 0.6) is 0 Å². The van der Waals surface area contributed by atoms with Gasteiger partial charge >= 0.3 is 0 Å². The van der Waals surface area contributed by atoms with Crippen molar-refractivity contribution in [2.75, 3.05) is 44.2 Å². The van der Waals surface area contributed by atoms with Crippen molar-refractivity contribution in [3.05, 3.63) is 40.0 Å². The Morgan fingerprint density at radius 3 is 2.48 bits per heavy atom. The molecule has 2 aromatic heterocycles. The quantitative estimate of drug-likeness (QED) is 0.327. The van der Waals surface area contributed by atoms with E-state index in [0.29, 0.717) is 13.1 Å². The molecular weight excluding hydrogens is 497 g/mol. The third kappa shape index (κ3) is 7.38. The lowest BCUT2D eigenvalue weighted by Gasteiger charge is -2.34. The van der Waals surface area contributed by atoms with Crippen LogP contribution in [0.3, 0.4) is 0 Å². The van der Waals surface area contributed by atoms with Crippen molar-refractivity contribution < 1.29 is 0 Å². The molecule has 0 aromatic carbocycles. The number of hydrogen-bond acceptors (Lipinski definition) is 6. The largest absolute Gasteiger partial charge is 0.357 e. The number of nitrogens with zero attached hydrogens (tertiary/aromatic N) is 5. The number of anilines is 1. The van der Waals surface area contributed by atoms with Gasteiger partial charge in [-0.05, 0) is 32.0 Å². The molecular formula is C20H32IN7S. The first-order chi connectivity index (χ1) is 13.7. The number of nitrogens with one attached hydrogen (secondary N) is 2. The van der Waals surface area contributed by atoms with Crippen molar-refractivity contribution >= 4 is 47.1 Å². The Labute approximate surface area is 195 Å². The summed E-state index contributed by atoms with van der Waals surface area (Å²) in [6.07, 6.45) is 3.85. The van der Waals surface area contributed by atoms with E-state index < -0.39 is 0 Å². The van der Waals surface area contributed by atoms with E-state index in [4.69, 9.17) is 0 Å². The number of halogens is 1. The summed E-state index contributed by atoms with van der Waals surface area (Å²) in [5.74, 6) is 1.86. The third-order valence-electron chi connectivity index (χ3n) is 4.79. The van der Waals surface area contributed by atoms with Gasteiger partial charge in [0.15, 0.2) is 5.96 Å². The first-order valence-corrected chi connectivity index (χ1v) is 10.8. The minimum atomic E-state index is 0. The number of thiazole rings is 1. The first-order valence-electron chi connectivity index (χ1n) is 10.0. The van der Waals surface area contributed by atoms with Gasteiger partial charge in [-0.3, -0.25) is 0 Å². The summed E-state index contributed by atoms with van der Waals surface area (Å²) in [5, 5.41) is 7.70. The summed E-state index contributed by atoms with van der Waals surface area (Å²) in [4.78, 5) is 19.8. The second-order valence-electron chi connectivity index (χ2n) is 6.86. The van der Waals surface area contributed by atoms with Crippen LogP contribution in [0.4, 0.5) is 5.82 Å². The minimum absolute atomic E-state index is 0. The molecule has 9 heteroatoms. The Balaban J connectivity index is 0.00000300. The van der Waals surface area contributed by atoms with Crippen LogP contribution in [0.15, 0.2) is 29.5 Å². The molecule has 1 aliphatic heterocycles. The zero-order valence-electron chi connectivity index (χ0n) is 17.5. The van der Waals surface area contributed by atoms with Gasteiger partial charge in [0.1, 0.15) is 10.8 Å². The number of rotatable bonds is 7. The fraction of sp³-hybridized carbons (Fsp3) is 0.550. The van der Waals surface area contributed by atoms with E-state index in [1.807, 2.05) is 12.4 Å². The second-order valence-corrected chi connectivity index (χ2v) is 8.18. The number of likely N-dealkylation sites (N-methyl/N-ethyl adjacent to an activating group) is 1. The van der Waals surface area contributed by atoms with Crippen LogP contribution in [0.25, 0.3) is 0 Å². The highest BCUT2D eigenvalue weighted by molar-refractivity contribution is 14.0. The number of aliphatic imine (C=N–C) groups is 1. The molecule has 1 fully saturated rings. The van der Waals surface area contributed by atoms with E-state index in [1.165, 1.54) is 4.88 Å².